The molecule has 2 fully saturated rings. The van der Waals surface area contributed by atoms with Gasteiger partial charge in [-0.2, -0.15) is 0 Å². The third kappa shape index (κ3) is 3.06. The zero-order valence-electron chi connectivity index (χ0n) is 11.3. The fourth-order valence-corrected chi connectivity index (χ4v) is 4.70. The Hall–Kier alpha value is -0.100. The van der Waals surface area contributed by atoms with E-state index in [1.807, 2.05) is 0 Å². The number of halogens is 2. The Morgan fingerprint density at radius 3 is 3.15 bits per heavy atom. The van der Waals surface area contributed by atoms with E-state index >= 15 is 0 Å². The van der Waals surface area contributed by atoms with Gasteiger partial charge in [-0.3, -0.25) is 4.79 Å². The number of fused-ring (bicyclic) bond motifs is 1. The highest BCUT2D eigenvalue weighted by molar-refractivity contribution is 9.11. The summed E-state index contributed by atoms with van der Waals surface area (Å²) in [6, 6.07) is 2.08. The van der Waals surface area contributed by atoms with E-state index in [0.717, 1.165) is 23.3 Å². The van der Waals surface area contributed by atoms with Crippen molar-refractivity contribution in [2.24, 2.45) is 11.3 Å². The molecule has 0 unspecified atom stereocenters. The minimum Gasteiger partial charge on any atom is -0.351 e. The first-order valence-corrected chi connectivity index (χ1v) is 8.60. The van der Waals surface area contributed by atoms with Gasteiger partial charge in [0.15, 0.2) is 0 Å². The van der Waals surface area contributed by atoms with Gasteiger partial charge in [0.1, 0.15) is 0 Å². The van der Waals surface area contributed by atoms with Crippen molar-refractivity contribution in [3.8, 4) is 0 Å². The third-order valence-electron chi connectivity index (χ3n) is 4.57. The Kier molecular flexibility index (Phi) is 5.51. The molecular formula is C14H20BrClN2OS. The van der Waals surface area contributed by atoms with Gasteiger partial charge < -0.3 is 10.6 Å². The molecule has 3 rings (SSSR count). The van der Waals surface area contributed by atoms with Gasteiger partial charge in [-0.25, -0.2) is 0 Å². The highest BCUT2D eigenvalue weighted by atomic mass is 79.9. The highest BCUT2D eigenvalue weighted by Crippen LogP contribution is 2.43. The number of thiophene rings is 1. The minimum absolute atomic E-state index is 0. The first kappa shape index (κ1) is 16.3. The lowest BCUT2D eigenvalue weighted by atomic mass is 9.67. The highest BCUT2D eigenvalue weighted by Gasteiger charge is 2.49. The molecular weight excluding hydrogens is 360 g/mol. The van der Waals surface area contributed by atoms with E-state index in [0.29, 0.717) is 12.5 Å². The summed E-state index contributed by atoms with van der Waals surface area (Å²) in [7, 11) is 0. The smallest absolute Gasteiger partial charge is 0.228 e. The van der Waals surface area contributed by atoms with Crippen molar-refractivity contribution in [3.63, 3.8) is 0 Å². The van der Waals surface area contributed by atoms with E-state index in [2.05, 4.69) is 38.0 Å². The summed E-state index contributed by atoms with van der Waals surface area (Å²) in [5, 5.41) is 8.66. The van der Waals surface area contributed by atoms with Gasteiger partial charge in [0.2, 0.25) is 5.91 Å². The Morgan fingerprint density at radius 1 is 1.55 bits per heavy atom. The monoisotopic (exact) mass is 378 g/mol. The molecule has 1 aromatic rings. The number of hydrogen-bond acceptors (Lipinski definition) is 3. The van der Waals surface area contributed by atoms with E-state index in [9.17, 15) is 4.79 Å². The van der Waals surface area contributed by atoms with E-state index in [1.165, 1.54) is 24.8 Å². The fraction of sp³-hybridized carbons (Fsp3) is 0.643. The van der Waals surface area contributed by atoms with Crippen LogP contribution in [-0.2, 0) is 11.3 Å². The standard InChI is InChI=1S/C14H19BrN2OS.ClH/c15-12-5-10(8-19-12)6-17-13(18)14-4-2-1-3-11(14)7-16-9-14;/h5,8,11,16H,1-4,6-7,9H2,(H,17,18);1H/t11-,14+;/m0./s1. The van der Waals surface area contributed by atoms with Crippen molar-refractivity contribution < 1.29 is 4.79 Å². The van der Waals surface area contributed by atoms with Crippen LogP contribution in [0.25, 0.3) is 0 Å². The van der Waals surface area contributed by atoms with Crippen molar-refractivity contribution in [1.29, 1.82) is 0 Å². The molecule has 1 aliphatic heterocycles. The quantitative estimate of drug-likeness (QED) is 0.846. The second-order valence-corrected chi connectivity index (χ2v) is 7.96. The van der Waals surface area contributed by atoms with E-state index in [4.69, 9.17) is 0 Å². The van der Waals surface area contributed by atoms with Crippen LogP contribution in [0.4, 0.5) is 0 Å². The van der Waals surface area contributed by atoms with Gasteiger partial charge in [-0.15, -0.1) is 23.7 Å². The largest absolute Gasteiger partial charge is 0.351 e. The van der Waals surface area contributed by atoms with Crippen LogP contribution < -0.4 is 10.6 Å². The molecule has 2 atom stereocenters. The molecule has 20 heavy (non-hydrogen) atoms. The van der Waals surface area contributed by atoms with Crippen molar-refractivity contribution in [2.45, 2.75) is 32.2 Å². The van der Waals surface area contributed by atoms with Crippen LogP contribution in [0.15, 0.2) is 15.2 Å². The molecule has 0 radical (unpaired) electrons. The van der Waals surface area contributed by atoms with Crippen LogP contribution in [0.5, 0.6) is 0 Å². The predicted molar refractivity (Wildman–Crippen MR) is 88.4 cm³/mol. The first-order valence-electron chi connectivity index (χ1n) is 6.93. The second-order valence-electron chi connectivity index (χ2n) is 5.67. The van der Waals surface area contributed by atoms with Gasteiger partial charge >= 0.3 is 0 Å². The summed E-state index contributed by atoms with van der Waals surface area (Å²) in [4.78, 5) is 12.6. The third-order valence-corrected chi connectivity index (χ3v) is 6.12. The number of rotatable bonds is 3. The summed E-state index contributed by atoms with van der Waals surface area (Å²) in [6.45, 7) is 2.52. The topological polar surface area (TPSA) is 41.1 Å². The van der Waals surface area contributed by atoms with Crippen molar-refractivity contribution >= 4 is 45.6 Å². The summed E-state index contributed by atoms with van der Waals surface area (Å²) in [6.07, 6.45) is 4.71. The molecule has 2 aliphatic rings. The lowest BCUT2D eigenvalue weighted by molar-refractivity contribution is -0.134. The first-order chi connectivity index (χ1) is 9.21. The zero-order chi connectivity index (χ0) is 13.3. The van der Waals surface area contributed by atoms with Gasteiger partial charge in [-0.1, -0.05) is 12.8 Å². The molecule has 2 N–H and O–H groups in total. The summed E-state index contributed by atoms with van der Waals surface area (Å²) in [5.74, 6) is 0.792. The normalized spacial score (nSPS) is 28.6. The van der Waals surface area contributed by atoms with Crippen molar-refractivity contribution in [3.05, 3.63) is 20.8 Å². The number of nitrogens with one attached hydrogen (secondary N) is 2. The number of hydrogen-bond donors (Lipinski definition) is 2. The number of carbonyl (C=O) groups excluding carboxylic acids is 1. The van der Waals surface area contributed by atoms with E-state index in [-0.39, 0.29) is 23.7 Å². The fourth-order valence-electron chi connectivity index (χ4n) is 3.49. The summed E-state index contributed by atoms with van der Waals surface area (Å²) in [5.41, 5.74) is 1.05. The Bertz CT molecular complexity index is 481. The summed E-state index contributed by atoms with van der Waals surface area (Å²) < 4.78 is 1.12. The van der Waals surface area contributed by atoms with E-state index < -0.39 is 0 Å². The molecule has 3 nitrogen and oxygen atoms in total. The van der Waals surface area contributed by atoms with Crippen molar-refractivity contribution in [1.82, 2.24) is 10.6 Å². The maximum absolute atomic E-state index is 12.6. The molecule has 112 valence electrons. The molecule has 1 saturated carbocycles. The van der Waals surface area contributed by atoms with Crippen LogP contribution >= 0.6 is 39.7 Å². The van der Waals surface area contributed by atoms with Crippen LogP contribution in [0, 0.1) is 11.3 Å². The Labute approximate surface area is 138 Å². The van der Waals surface area contributed by atoms with Crippen LogP contribution in [0.2, 0.25) is 0 Å². The Morgan fingerprint density at radius 2 is 2.40 bits per heavy atom. The van der Waals surface area contributed by atoms with Crippen LogP contribution in [0.3, 0.4) is 0 Å². The van der Waals surface area contributed by atoms with Crippen molar-refractivity contribution in [2.75, 3.05) is 13.1 Å². The van der Waals surface area contributed by atoms with Gasteiger partial charge in [-0.05, 0) is 58.2 Å². The average molecular weight is 380 g/mol. The molecule has 0 spiro atoms. The molecule has 1 amide bonds. The Balaban J connectivity index is 0.00000147. The molecule has 6 heteroatoms. The molecule has 2 heterocycles. The SMILES string of the molecule is Cl.O=C(NCc1csc(Br)c1)[C@@]12CCCC[C@H]1CNC2. The van der Waals surface area contributed by atoms with Gasteiger partial charge in [0.25, 0.3) is 0 Å². The predicted octanol–water partition coefficient (Wildman–Crippen LogP) is 3.33. The van der Waals surface area contributed by atoms with Gasteiger partial charge in [0.05, 0.1) is 9.20 Å². The van der Waals surface area contributed by atoms with Crippen LogP contribution in [-0.4, -0.2) is 19.0 Å². The van der Waals surface area contributed by atoms with Crippen LogP contribution in [0.1, 0.15) is 31.2 Å². The molecule has 1 aliphatic carbocycles. The van der Waals surface area contributed by atoms with Gasteiger partial charge in [0, 0.05) is 13.1 Å². The second kappa shape index (κ2) is 6.77. The zero-order valence-corrected chi connectivity index (χ0v) is 14.5. The molecule has 1 aromatic heterocycles. The lowest BCUT2D eigenvalue weighted by Gasteiger charge is -2.37. The lowest BCUT2D eigenvalue weighted by Crippen LogP contribution is -2.47. The molecule has 0 aromatic carbocycles. The molecule has 0 bridgehead atoms. The summed E-state index contributed by atoms with van der Waals surface area (Å²) >= 11 is 5.12. The molecule has 1 saturated heterocycles. The van der Waals surface area contributed by atoms with E-state index in [1.54, 1.807) is 11.3 Å². The minimum atomic E-state index is -0.133. The number of amides is 1. The maximum Gasteiger partial charge on any atom is 0.228 e. The average Bonchev–Trinajstić information content (AvgIpc) is 3.02. The number of carbonyl (C=O) groups is 1. The maximum atomic E-state index is 12.6.